The van der Waals surface area contributed by atoms with E-state index < -0.39 is 15.7 Å². The maximum absolute atomic E-state index is 12.0. The first-order chi connectivity index (χ1) is 8.33. The Balaban J connectivity index is 2.18. The van der Waals surface area contributed by atoms with Crippen LogP contribution in [0.3, 0.4) is 0 Å². The van der Waals surface area contributed by atoms with Gasteiger partial charge in [-0.1, -0.05) is 17.7 Å². The van der Waals surface area contributed by atoms with Crippen LogP contribution < -0.4 is 0 Å². The number of carbonyl (C=O) groups excluding carboxylic acids is 1. The molecule has 0 atom stereocenters. The summed E-state index contributed by atoms with van der Waals surface area (Å²) in [5.74, 6) is -0.0494. The Hall–Kier alpha value is -1.20. The van der Waals surface area contributed by atoms with Crippen molar-refractivity contribution in [3.05, 3.63) is 29.8 Å². The molecule has 0 N–H and O–H groups in total. The molecule has 0 bridgehead atoms. The Kier molecular flexibility index (Phi) is 3.29. The molecule has 5 heteroatoms. The van der Waals surface area contributed by atoms with E-state index in [-0.39, 0.29) is 17.1 Å². The standard InChI is InChI=1S/C13H16O4S/c1-10-3-5-12(6-4-10)18(15,16)17-13(7-8-13)9-11(2)14/h3-6H,7-9H2,1-2H3. The summed E-state index contributed by atoms with van der Waals surface area (Å²) in [5, 5.41) is 0. The van der Waals surface area contributed by atoms with Crippen molar-refractivity contribution in [1.29, 1.82) is 0 Å². The molecule has 4 nitrogen and oxygen atoms in total. The van der Waals surface area contributed by atoms with E-state index in [4.69, 9.17) is 4.18 Å². The van der Waals surface area contributed by atoms with Crippen molar-refractivity contribution < 1.29 is 17.4 Å². The normalized spacial score (nSPS) is 17.4. The van der Waals surface area contributed by atoms with Crippen molar-refractivity contribution in [2.45, 2.75) is 43.6 Å². The number of benzene rings is 1. The van der Waals surface area contributed by atoms with E-state index >= 15 is 0 Å². The highest BCUT2D eigenvalue weighted by Crippen LogP contribution is 2.45. The minimum absolute atomic E-state index is 0.0494. The molecule has 1 aliphatic rings. The van der Waals surface area contributed by atoms with Crippen LogP contribution >= 0.6 is 0 Å². The van der Waals surface area contributed by atoms with Crippen LogP contribution in [0.15, 0.2) is 29.2 Å². The van der Waals surface area contributed by atoms with E-state index in [0.717, 1.165) is 5.56 Å². The monoisotopic (exact) mass is 268 g/mol. The number of aryl methyl sites for hydroxylation is 1. The molecule has 1 aliphatic carbocycles. The molecule has 0 unspecified atom stereocenters. The van der Waals surface area contributed by atoms with Gasteiger partial charge in [-0.05, 0) is 38.8 Å². The summed E-state index contributed by atoms with van der Waals surface area (Å²) in [5.41, 5.74) is 0.203. The number of rotatable bonds is 5. The maximum atomic E-state index is 12.0. The zero-order chi connectivity index (χ0) is 13.4. The van der Waals surface area contributed by atoms with Crippen LogP contribution in [0.1, 0.15) is 31.7 Å². The third-order valence-corrected chi connectivity index (χ3v) is 4.40. The highest BCUT2D eigenvalue weighted by atomic mass is 32.2. The molecule has 0 radical (unpaired) electrons. The number of ketones is 1. The van der Waals surface area contributed by atoms with Crippen molar-refractivity contribution >= 4 is 15.9 Å². The quantitative estimate of drug-likeness (QED) is 0.768. The summed E-state index contributed by atoms with van der Waals surface area (Å²) >= 11 is 0. The largest absolute Gasteiger partial charge is 0.300 e. The van der Waals surface area contributed by atoms with Gasteiger partial charge in [0.15, 0.2) is 0 Å². The van der Waals surface area contributed by atoms with Gasteiger partial charge in [-0.2, -0.15) is 8.42 Å². The Morgan fingerprint density at radius 1 is 1.28 bits per heavy atom. The second kappa shape index (κ2) is 4.48. The molecule has 0 aromatic heterocycles. The van der Waals surface area contributed by atoms with Gasteiger partial charge in [0.05, 0.1) is 10.5 Å². The van der Waals surface area contributed by atoms with Gasteiger partial charge >= 0.3 is 0 Å². The third kappa shape index (κ3) is 2.97. The molecule has 0 aliphatic heterocycles. The van der Waals surface area contributed by atoms with Gasteiger partial charge in [0.2, 0.25) is 0 Å². The first-order valence-corrected chi connectivity index (χ1v) is 7.26. The zero-order valence-corrected chi connectivity index (χ0v) is 11.3. The highest BCUT2D eigenvalue weighted by molar-refractivity contribution is 7.86. The van der Waals surface area contributed by atoms with Gasteiger partial charge in [0.25, 0.3) is 10.1 Å². The summed E-state index contributed by atoms with van der Waals surface area (Å²) < 4.78 is 29.3. The first kappa shape index (κ1) is 13.2. The molecule has 18 heavy (non-hydrogen) atoms. The molecule has 1 saturated carbocycles. The molecule has 0 saturated heterocycles. The van der Waals surface area contributed by atoms with Crippen molar-refractivity contribution in [3.8, 4) is 0 Å². The molecule has 1 fully saturated rings. The van der Waals surface area contributed by atoms with Gasteiger partial charge in [0.1, 0.15) is 5.78 Å². The molecular weight excluding hydrogens is 252 g/mol. The molecule has 0 amide bonds. The summed E-state index contributed by atoms with van der Waals surface area (Å²) in [7, 11) is -3.77. The molecule has 0 spiro atoms. The minimum Gasteiger partial charge on any atom is -0.300 e. The smallest absolute Gasteiger partial charge is 0.297 e. The predicted octanol–water partition coefficient (Wildman–Crippen LogP) is 2.21. The van der Waals surface area contributed by atoms with Crippen LogP contribution in [0.25, 0.3) is 0 Å². The Morgan fingerprint density at radius 3 is 2.28 bits per heavy atom. The van der Waals surface area contributed by atoms with E-state index in [9.17, 15) is 13.2 Å². The predicted molar refractivity (Wildman–Crippen MR) is 66.7 cm³/mol. The summed E-state index contributed by atoms with van der Waals surface area (Å²) in [6, 6.07) is 6.49. The first-order valence-electron chi connectivity index (χ1n) is 5.85. The molecule has 98 valence electrons. The van der Waals surface area contributed by atoms with Crippen molar-refractivity contribution in [1.82, 2.24) is 0 Å². The van der Waals surface area contributed by atoms with E-state index in [2.05, 4.69) is 0 Å². The molecule has 2 rings (SSSR count). The van der Waals surface area contributed by atoms with Crippen LogP contribution in [0.2, 0.25) is 0 Å². The average molecular weight is 268 g/mol. The van der Waals surface area contributed by atoms with Gasteiger partial charge in [0, 0.05) is 6.42 Å². The van der Waals surface area contributed by atoms with E-state index in [1.54, 1.807) is 12.1 Å². The number of carbonyl (C=O) groups is 1. The van der Waals surface area contributed by atoms with Crippen LogP contribution in [0, 0.1) is 6.92 Å². The SMILES string of the molecule is CC(=O)CC1(OS(=O)(=O)c2ccc(C)cc2)CC1. The zero-order valence-electron chi connectivity index (χ0n) is 10.5. The Bertz CT molecular complexity index is 553. The maximum Gasteiger partial charge on any atom is 0.297 e. The van der Waals surface area contributed by atoms with Crippen LogP contribution in [0.5, 0.6) is 0 Å². The second-order valence-corrected chi connectivity index (χ2v) is 6.46. The average Bonchev–Trinajstić information content (AvgIpc) is 2.96. The topological polar surface area (TPSA) is 60.4 Å². The lowest BCUT2D eigenvalue weighted by atomic mass is 10.2. The molecule has 1 aromatic rings. The molecule has 1 aromatic carbocycles. The van der Waals surface area contributed by atoms with Gasteiger partial charge in [-0.25, -0.2) is 0 Å². The highest BCUT2D eigenvalue weighted by Gasteiger charge is 2.49. The van der Waals surface area contributed by atoms with Gasteiger partial charge in [-0.3, -0.25) is 8.98 Å². The fourth-order valence-electron chi connectivity index (χ4n) is 1.87. The van der Waals surface area contributed by atoms with Crippen LogP contribution in [0.4, 0.5) is 0 Å². The lowest BCUT2D eigenvalue weighted by Gasteiger charge is -2.14. The summed E-state index contributed by atoms with van der Waals surface area (Å²) in [4.78, 5) is 11.2. The van der Waals surface area contributed by atoms with Crippen LogP contribution in [-0.2, 0) is 19.1 Å². The number of Topliss-reactive ketones (excluding diaryl/α,β-unsaturated/α-hetero) is 1. The Labute approximate surface area is 107 Å². The van der Waals surface area contributed by atoms with Crippen molar-refractivity contribution in [3.63, 3.8) is 0 Å². The van der Waals surface area contributed by atoms with E-state index in [0.29, 0.717) is 12.8 Å². The fraction of sp³-hybridized carbons (Fsp3) is 0.462. The number of hydrogen-bond donors (Lipinski definition) is 0. The van der Waals surface area contributed by atoms with Crippen molar-refractivity contribution in [2.75, 3.05) is 0 Å². The Morgan fingerprint density at radius 2 is 1.83 bits per heavy atom. The van der Waals surface area contributed by atoms with Gasteiger partial charge < -0.3 is 0 Å². The molecule has 0 heterocycles. The summed E-state index contributed by atoms with van der Waals surface area (Å²) in [6.45, 7) is 3.33. The molecular formula is C13H16O4S. The van der Waals surface area contributed by atoms with Crippen LogP contribution in [-0.4, -0.2) is 19.8 Å². The lowest BCUT2D eigenvalue weighted by molar-refractivity contribution is -0.118. The second-order valence-electron chi connectivity index (χ2n) is 4.91. The van der Waals surface area contributed by atoms with Crippen molar-refractivity contribution in [2.24, 2.45) is 0 Å². The van der Waals surface area contributed by atoms with Gasteiger partial charge in [-0.15, -0.1) is 0 Å². The fourth-order valence-corrected chi connectivity index (χ4v) is 3.13. The minimum atomic E-state index is -3.77. The lowest BCUT2D eigenvalue weighted by Crippen LogP contribution is -2.22. The van der Waals surface area contributed by atoms with E-state index in [1.165, 1.54) is 19.1 Å². The third-order valence-electron chi connectivity index (χ3n) is 2.97. The number of hydrogen-bond acceptors (Lipinski definition) is 4. The van der Waals surface area contributed by atoms with E-state index in [1.807, 2.05) is 6.92 Å². The summed E-state index contributed by atoms with van der Waals surface area (Å²) in [6.07, 6.45) is 1.41.